The van der Waals surface area contributed by atoms with Crippen LogP contribution in [0.4, 0.5) is 0 Å². The Labute approximate surface area is 173 Å². The molecule has 0 aliphatic rings. The van der Waals surface area contributed by atoms with Gasteiger partial charge in [-0.15, -0.1) is 0 Å². The molecule has 0 saturated carbocycles. The summed E-state index contributed by atoms with van der Waals surface area (Å²) >= 11 is 0. The molecule has 0 bridgehead atoms. The lowest BCUT2D eigenvalue weighted by molar-refractivity contribution is -0.141. The first kappa shape index (κ1) is 22.4. The molecule has 2 atom stereocenters. The van der Waals surface area contributed by atoms with E-state index in [0.717, 1.165) is 23.3 Å². The Bertz CT molecular complexity index is 836. The van der Waals surface area contributed by atoms with Gasteiger partial charge in [-0.25, -0.2) is 9.59 Å². The van der Waals surface area contributed by atoms with Crippen molar-refractivity contribution in [2.45, 2.75) is 24.9 Å². The molecule has 0 unspecified atom stereocenters. The lowest BCUT2D eigenvalue weighted by atomic mass is 10.1. The zero-order valence-corrected chi connectivity index (χ0v) is 16.0. The first-order valence-electron chi connectivity index (χ1n) is 9.17. The maximum atomic E-state index is 12.0. The Morgan fingerprint density at radius 2 is 1.00 bits per heavy atom. The average Bonchev–Trinajstić information content (AvgIpc) is 2.72. The summed E-state index contributed by atoms with van der Waals surface area (Å²) in [6.07, 6.45) is 1.91. The lowest BCUT2D eigenvalue weighted by Gasteiger charge is -2.14. The van der Waals surface area contributed by atoms with E-state index < -0.39 is 35.8 Å². The SMILES string of the molecule is O=C(C=CC(=O)N[C@@H](Cc1ccccc1)C(=O)O)N[C@@H](Cc1ccccc1)C(=O)O. The van der Waals surface area contributed by atoms with E-state index in [4.69, 9.17) is 0 Å². The molecular weight excluding hydrogens is 388 g/mol. The fraction of sp³-hybridized carbons (Fsp3) is 0.182. The second-order valence-corrected chi connectivity index (χ2v) is 6.51. The van der Waals surface area contributed by atoms with Gasteiger partial charge in [0.05, 0.1) is 0 Å². The number of carbonyl (C=O) groups is 4. The van der Waals surface area contributed by atoms with Crippen LogP contribution in [0.25, 0.3) is 0 Å². The molecule has 30 heavy (non-hydrogen) atoms. The second-order valence-electron chi connectivity index (χ2n) is 6.51. The van der Waals surface area contributed by atoms with Crippen molar-refractivity contribution in [3.63, 3.8) is 0 Å². The van der Waals surface area contributed by atoms with E-state index in [9.17, 15) is 29.4 Å². The number of rotatable bonds is 10. The number of carbonyl (C=O) groups excluding carboxylic acids is 2. The highest BCUT2D eigenvalue weighted by Crippen LogP contribution is 2.05. The molecule has 0 saturated heterocycles. The summed E-state index contributed by atoms with van der Waals surface area (Å²) in [6.45, 7) is 0. The van der Waals surface area contributed by atoms with E-state index in [2.05, 4.69) is 10.6 Å². The molecule has 0 fully saturated rings. The highest BCUT2D eigenvalue weighted by Gasteiger charge is 2.21. The number of carboxylic acids is 2. The molecular formula is C22H22N2O6. The van der Waals surface area contributed by atoms with Crippen LogP contribution in [0.2, 0.25) is 0 Å². The van der Waals surface area contributed by atoms with Crippen LogP contribution < -0.4 is 10.6 Å². The van der Waals surface area contributed by atoms with Crippen molar-refractivity contribution in [1.29, 1.82) is 0 Å². The highest BCUT2D eigenvalue weighted by molar-refractivity contribution is 5.99. The second kappa shape index (κ2) is 11.2. The van der Waals surface area contributed by atoms with Crippen LogP contribution in [-0.2, 0) is 32.0 Å². The van der Waals surface area contributed by atoms with Gasteiger partial charge in [-0.2, -0.15) is 0 Å². The molecule has 4 N–H and O–H groups in total. The predicted molar refractivity (Wildman–Crippen MR) is 109 cm³/mol. The van der Waals surface area contributed by atoms with Crippen LogP contribution in [0.15, 0.2) is 72.8 Å². The van der Waals surface area contributed by atoms with Crippen LogP contribution in [0.1, 0.15) is 11.1 Å². The molecule has 2 amide bonds. The number of hydrogen-bond acceptors (Lipinski definition) is 4. The first-order chi connectivity index (χ1) is 14.3. The molecule has 2 aromatic rings. The standard InChI is InChI=1S/C22H22N2O6/c25-19(23-17(21(27)28)13-15-7-3-1-4-8-15)11-12-20(26)24-18(22(29)30)14-16-9-5-2-6-10-16/h1-12,17-18H,13-14H2,(H,23,25)(H,24,26)(H,27,28)(H,29,30)/t17-,18-/m0/s1. The van der Waals surface area contributed by atoms with Gasteiger partial charge in [-0.3, -0.25) is 9.59 Å². The third kappa shape index (κ3) is 7.59. The van der Waals surface area contributed by atoms with Gasteiger partial charge in [-0.05, 0) is 11.1 Å². The van der Waals surface area contributed by atoms with Gasteiger partial charge in [-0.1, -0.05) is 60.7 Å². The zero-order chi connectivity index (χ0) is 21.9. The largest absolute Gasteiger partial charge is 0.480 e. The van der Waals surface area contributed by atoms with Crippen molar-refractivity contribution in [1.82, 2.24) is 10.6 Å². The van der Waals surface area contributed by atoms with Crippen molar-refractivity contribution in [2.24, 2.45) is 0 Å². The minimum atomic E-state index is -1.21. The average molecular weight is 410 g/mol. The number of amides is 2. The molecule has 0 aromatic heterocycles. The Morgan fingerprint density at radius 1 is 0.667 bits per heavy atom. The molecule has 8 nitrogen and oxygen atoms in total. The molecule has 0 heterocycles. The number of hydrogen-bond donors (Lipinski definition) is 4. The van der Waals surface area contributed by atoms with E-state index in [1.165, 1.54) is 0 Å². The van der Waals surface area contributed by atoms with Crippen LogP contribution in [0.5, 0.6) is 0 Å². The fourth-order valence-electron chi connectivity index (χ4n) is 2.69. The lowest BCUT2D eigenvalue weighted by Crippen LogP contribution is -2.42. The van der Waals surface area contributed by atoms with Crippen molar-refractivity contribution >= 4 is 23.8 Å². The summed E-state index contributed by atoms with van der Waals surface area (Å²) in [5.74, 6) is -3.97. The smallest absolute Gasteiger partial charge is 0.326 e. The first-order valence-corrected chi connectivity index (χ1v) is 9.17. The van der Waals surface area contributed by atoms with Crippen molar-refractivity contribution in [2.75, 3.05) is 0 Å². The summed E-state index contributed by atoms with van der Waals surface area (Å²) in [4.78, 5) is 46.8. The van der Waals surface area contributed by atoms with Crippen molar-refractivity contribution in [3.8, 4) is 0 Å². The molecule has 2 rings (SSSR count). The third-order valence-electron chi connectivity index (χ3n) is 4.18. The molecule has 0 radical (unpaired) electrons. The number of carboxylic acid groups (broad SMARTS) is 2. The minimum absolute atomic E-state index is 0.0834. The Kier molecular flexibility index (Phi) is 8.31. The summed E-state index contributed by atoms with van der Waals surface area (Å²) < 4.78 is 0. The van der Waals surface area contributed by atoms with Gasteiger partial charge in [0, 0.05) is 25.0 Å². The molecule has 0 aliphatic carbocycles. The van der Waals surface area contributed by atoms with E-state index in [0.29, 0.717) is 0 Å². The summed E-state index contributed by atoms with van der Waals surface area (Å²) in [5, 5.41) is 23.2. The van der Waals surface area contributed by atoms with E-state index in [1.807, 2.05) is 0 Å². The number of aliphatic carboxylic acids is 2. The van der Waals surface area contributed by atoms with Crippen LogP contribution in [0, 0.1) is 0 Å². The highest BCUT2D eigenvalue weighted by atomic mass is 16.4. The molecule has 156 valence electrons. The van der Waals surface area contributed by atoms with Crippen LogP contribution in [0.3, 0.4) is 0 Å². The van der Waals surface area contributed by atoms with Crippen molar-refractivity contribution in [3.05, 3.63) is 83.9 Å². The quantitative estimate of drug-likeness (QED) is 0.435. The van der Waals surface area contributed by atoms with E-state index in [-0.39, 0.29) is 12.8 Å². The van der Waals surface area contributed by atoms with Gasteiger partial charge < -0.3 is 20.8 Å². The zero-order valence-electron chi connectivity index (χ0n) is 16.0. The van der Waals surface area contributed by atoms with Crippen molar-refractivity contribution < 1.29 is 29.4 Å². The maximum Gasteiger partial charge on any atom is 0.326 e. The third-order valence-corrected chi connectivity index (χ3v) is 4.18. The minimum Gasteiger partial charge on any atom is -0.480 e. The monoisotopic (exact) mass is 410 g/mol. The van der Waals surface area contributed by atoms with Gasteiger partial charge in [0.25, 0.3) is 0 Å². The number of nitrogens with one attached hydrogen (secondary N) is 2. The maximum absolute atomic E-state index is 12.0. The Balaban J connectivity index is 1.92. The van der Waals surface area contributed by atoms with Crippen LogP contribution in [-0.4, -0.2) is 46.0 Å². The van der Waals surface area contributed by atoms with E-state index >= 15 is 0 Å². The van der Waals surface area contributed by atoms with Gasteiger partial charge in [0.15, 0.2) is 0 Å². The van der Waals surface area contributed by atoms with Gasteiger partial charge in [0.2, 0.25) is 11.8 Å². The molecule has 8 heteroatoms. The molecule has 0 spiro atoms. The Morgan fingerprint density at radius 3 is 1.30 bits per heavy atom. The summed E-state index contributed by atoms with van der Waals surface area (Å²) in [5.41, 5.74) is 1.47. The molecule has 2 aromatic carbocycles. The van der Waals surface area contributed by atoms with Gasteiger partial charge >= 0.3 is 11.9 Å². The topological polar surface area (TPSA) is 133 Å². The number of benzene rings is 2. The summed E-state index contributed by atoms with van der Waals surface area (Å²) in [6, 6.07) is 15.2. The normalized spacial score (nSPS) is 12.7. The summed E-state index contributed by atoms with van der Waals surface area (Å²) in [7, 11) is 0. The van der Waals surface area contributed by atoms with Crippen LogP contribution >= 0.6 is 0 Å². The fourth-order valence-corrected chi connectivity index (χ4v) is 2.69. The predicted octanol–water partition coefficient (Wildman–Crippen LogP) is 1.17. The van der Waals surface area contributed by atoms with Gasteiger partial charge in [0.1, 0.15) is 12.1 Å². The van der Waals surface area contributed by atoms with E-state index in [1.54, 1.807) is 60.7 Å². The molecule has 0 aliphatic heterocycles. The Hall–Kier alpha value is -3.94.